The van der Waals surface area contributed by atoms with E-state index < -0.39 is 0 Å². The molecule has 6 heteroatoms. The topological polar surface area (TPSA) is 41.6 Å². The Bertz CT molecular complexity index is 731. The predicted octanol–water partition coefficient (Wildman–Crippen LogP) is 4.36. The normalized spacial score (nSPS) is 14.8. The first kappa shape index (κ1) is 21.2. The third kappa shape index (κ3) is 7.47. The van der Waals surface area contributed by atoms with E-state index in [1.807, 2.05) is 24.3 Å². The molecule has 1 aliphatic heterocycles. The molecule has 1 saturated heterocycles. The molecule has 0 atom stereocenters. The van der Waals surface area contributed by atoms with Crippen LogP contribution in [0.2, 0.25) is 5.02 Å². The molecule has 1 N–H and O–H groups in total. The van der Waals surface area contributed by atoms with E-state index in [2.05, 4.69) is 34.5 Å². The van der Waals surface area contributed by atoms with Crippen molar-refractivity contribution in [1.82, 2.24) is 10.2 Å². The Hall–Kier alpha value is -1.53. The maximum absolute atomic E-state index is 12.0. The van der Waals surface area contributed by atoms with Gasteiger partial charge in [0.25, 0.3) is 0 Å². The number of morpholine rings is 1. The van der Waals surface area contributed by atoms with Crippen molar-refractivity contribution < 1.29 is 9.53 Å². The van der Waals surface area contributed by atoms with E-state index in [1.165, 1.54) is 10.5 Å². The lowest BCUT2D eigenvalue weighted by Gasteiger charge is -2.26. The van der Waals surface area contributed by atoms with Crippen molar-refractivity contribution in [3.05, 3.63) is 64.7 Å². The number of halogens is 1. The maximum Gasteiger partial charge on any atom is 0.220 e. The molecule has 150 valence electrons. The quantitative estimate of drug-likeness (QED) is 0.485. The zero-order valence-electron chi connectivity index (χ0n) is 16.0. The number of rotatable bonds is 9. The van der Waals surface area contributed by atoms with Crippen molar-refractivity contribution in [2.45, 2.75) is 30.8 Å². The van der Waals surface area contributed by atoms with E-state index >= 15 is 0 Å². The summed E-state index contributed by atoms with van der Waals surface area (Å²) in [6.45, 7) is 5.18. The Morgan fingerprint density at radius 3 is 2.43 bits per heavy atom. The highest BCUT2D eigenvalue weighted by atomic mass is 35.5. The minimum absolute atomic E-state index is 0.106. The molecule has 1 fully saturated rings. The summed E-state index contributed by atoms with van der Waals surface area (Å²) in [4.78, 5) is 15.6. The van der Waals surface area contributed by atoms with E-state index in [9.17, 15) is 4.79 Å². The Morgan fingerprint density at radius 1 is 1.04 bits per heavy atom. The van der Waals surface area contributed by atoms with Crippen LogP contribution >= 0.6 is 23.4 Å². The summed E-state index contributed by atoms with van der Waals surface area (Å²) >= 11 is 7.63. The highest BCUT2D eigenvalue weighted by Crippen LogP contribution is 2.21. The van der Waals surface area contributed by atoms with E-state index in [0.29, 0.717) is 13.0 Å². The van der Waals surface area contributed by atoms with Crippen LogP contribution in [0.3, 0.4) is 0 Å². The fourth-order valence-electron chi connectivity index (χ4n) is 3.02. The van der Waals surface area contributed by atoms with Crippen LogP contribution in [-0.4, -0.2) is 42.9 Å². The number of benzene rings is 2. The molecular formula is C22H27ClN2O2S. The van der Waals surface area contributed by atoms with Gasteiger partial charge in [-0.25, -0.2) is 0 Å². The van der Waals surface area contributed by atoms with Crippen LogP contribution in [-0.2, 0) is 22.6 Å². The molecule has 1 amide bonds. The lowest BCUT2D eigenvalue weighted by Crippen LogP contribution is -2.35. The van der Waals surface area contributed by atoms with Crippen LogP contribution in [0.4, 0.5) is 0 Å². The van der Waals surface area contributed by atoms with Crippen molar-refractivity contribution in [2.24, 2.45) is 0 Å². The second kappa shape index (κ2) is 11.5. The number of ether oxygens (including phenoxy) is 1. The van der Waals surface area contributed by atoms with Gasteiger partial charge in [-0.1, -0.05) is 35.9 Å². The Balaban J connectivity index is 1.31. The molecule has 0 radical (unpaired) electrons. The zero-order valence-corrected chi connectivity index (χ0v) is 17.6. The number of nitrogens with one attached hydrogen (secondary N) is 1. The molecule has 0 aromatic heterocycles. The van der Waals surface area contributed by atoms with Gasteiger partial charge in [0.15, 0.2) is 0 Å². The largest absolute Gasteiger partial charge is 0.379 e. The third-order valence-corrected chi connectivity index (χ3v) is 6.00. The minimum atomic E-state index is 0.106. The fourth-order valence-corrected chi connectivity index (χ4v) is 4.00. The Morgan fingerprint density at radius 2 is 1.71 bits per heavy atom. The fraction of sp³-hybridized carbons (Fsp3) is 0.409. The van der Waals surface area contributed by atoms with Crippen LogP contribution in [0.15, 0.2) is 53.4 Å². The molecule has 0 saturated carbocycles. The van der Waals surface area contributed by atoms with Gasteiger partial charge in [-0.05, 0) is 47.6 Å². The van der Waals surface area contributed by atoms with Crippen LogP contribution in [0.5, 0.6) is 0 Å². The van der Waals surface area contributed by atoms with Gasteiger partial charge < -0.3 is 10.1 Å². The SMILES string of the molecule is O=C(CCCSc1ccc(Cl)cc1)NCc1ccc(CN2CCOCC2)cc1. The minimum Gasteiger partial charge on any atom is -0.379 e. The maximum atomic E-state index is 12.0. The standard InChI is InChI=1S/C22H27ClN2O2S/c23-20-7-9-21(10-8-20)28-15-1-2-22(26)24-16-18-3-5-19(6-4-18)17-25-11-13-27-14-12-25/h3-10H,1-2,11-17H2,(H,24,26). The van der Waals surface area contributed by atoms with Crippen LogP contribution in [0.1, 0.15) is 24.0 Å². The zero-order chi connectivity index (χ0) is 19.6. The van der Waals surface area contributed by atoms with Gasteiger partial charge >= 0.3 is 0 Å². The van der Waals surface area contributed by atoms with E-state index in [-0.39, 0.29) is 5.91 Å². The molecule has 2 aromatic carbocycles. The number of hydrogen-bond donors (Lipinski definition) is 1. The van der Waals surface area contributed by atoms with Crippen LogP contribution in [0.25, 0.3) is 0 Å². The van der Waals surface area contributed by atoms with Crippen molar-refractivity contribution in [3.63, 3.8) is 0 Å². The first-order valence-electron chi connectivity index (χ1n) is 9.72. The summed E-state index contributed by atoms with van der Waals surface area (Å²) in [5.74, 6) is 1.03. The monoisotopic (exact) mass is 418 g/mol. The summed E-state index contributed by atoms with van der Waals surface area (Å²) in [5, 5.41) is 3.76. The summed E-state index contributed by atoms with van der Waals surface area (Å²) in [7, 11) is 0. The number of hydrogen-bond acceptors (Lipinski definition) is 4. The molecule has 0 spiro atoms. The number of carbonyl (C=O) groups excluding carboxylic acids is 1. The molecule has 4 nitrogen and oxygen atoms in total. The van der Waals surface area contributed by atoms with Gasteiger partial charge in [0, 0.05) is 42.5 Å². The number of amides is 1. The lowest BCUT2D eigenvalue weighted by atomic mass is 10.1. The summed E-state index contributed by atoms with van der Waals surface area (Å²) in [6.07, 6.45) is 1.41. The van der Waals surface area contributed by atoms with Crippen molar-refractivity contribution >= 4 is 29.3 Å². The van der Waals surface area contributed by atoms with Gasteiger partial charge in [0.1, 0.15) is 0 Å². The number of carbonyl (C=O) groups is 1. The van der Waals surface area contributed by atoms with Crippen LogP contribution in [0, 0.1) is 0 Å². The summed E-state index contributed by atoms with van der Waals surface area (Å²) in [5.41, 5.74) is 2.44. The number of thioether (sulfide) groups is 1. The summed E-state index contributed by atoms with van der Waals surface area (Å²) < 4.78 is 5.38. The second-order valence-corrected chi connectivity index (χ2v) is 8.49. The highest BCUT2D eigenvalue weighted by Gasteiger charge is 2.10. The molecule has 1 heterocycles. The number of nitrogens with zero attached hydrogens (tertiary/aromatic N) is 1. The Labute approximate surface area is 176 Å². The van der Waals surface area contributed by atoms with E-state index in [0.717, 1.165) is 55.6 Å². The molecule has 0 bridgehead atoms. The van der Waals surface area contributed by atoms with E-state index in [1.54, 1.807) is 11.8 Å². The Kier molecular flexibility index (Phi) is 8.68. The van der Waals surface area contributed by atoms with Crippen molar-refractivity contribution in [3.8, 4) is 0 Å². The first-order chi connectivity index (χ1) is 13.7. The molecule has 0 aliphatic carbocycles. The average molecular weight is 419 g/mol. The molecular weight excluding hydrogens is 392 g/mol. The molecule has 3 rings (SSSR count). The van der Waals surface area contributed by atoms with Gasteiger partial charge in [-0.3, -0.25) is 9.69 Å². The molecule has 28 heavy (non-hydrogen) atoms. The van der Waals surface area contributed by atoms with Crippen molar-refractivity contribution in [1.29, 1.82) is 0 Å². The highest BCUT2D eigenvalue weighted by molar-refractivity contribution is 7.99. The predicted molar refractivity (Wildman–Crippen MR) is 116 cm³/mol. The van der Waals surface area contributed by atoms with Gasteiger partial charge in [-0.15, -0.1) is 11.8 Å². The van der Waals surface area contributed by atoms with Gasteiger partial charge in [0.2, 0.25) is 5.91 Å². The second-order valence-electron chi connectivity index (χ2n) is 6.89. The summed E-state index contributed by atoms with van der Waals surface area (Å²) in [6, 6.07) is 16.3. The van der Waals surface area contributed by atoms with Gasteiger partial charge in [-0.2, -0.15) is 0 Å². The van der Waals surface area contributed by atoms with Crippen LogP contribution < -0.4 is 5.32 Å². The van der Waals surface area contributed by atoms with Gasteiger partial charge in [0.05, 0.1) is 13.2 Å². The average Bonchev–Trinajstić information content (AvgIpc) is 2.73. The molecule has 0 unspecified atom stereocenters. The first-order valence-corrected chi connectivity index (χ1v) is 11.1. The van der Waals surface area contributed by atoms with E-state index in [4.69, 9.17) is 16.3 Å². The molecule has 2 aromatic rings. The molecule has 1 aliphatic rings. The third-order valence-electron chi connectivity index (χ3n) is 4.65. The smallest absolute Gasteiger partial charge is 0.220 e. The lowest BCUT2D eigenvalue weighted by molar-refractivity contribution is -0.121. The van der Waals surface area contributed by atoms with Crippen molar-refractivity contribution in [2.75, 3.05) is 32.1 Å².